The fourth-order valence-electron chi connectivity index (χ4n) is 3.84. The number of amides is 1. The summed E-state index contributed by atoms with van der Waals surface area (Å²) in [7, 11) is 0. The SMILES string of the molecule is O=C(NC1CCCN(Cc2cccs2)C1)c1nnc2n1CCCCC2. The molecule has 6 nitrogen and oxygen atoms in total. The lowest BCUT2D eigenvalue weighted by Crippen LogP contribution is -2.47. The van der Waals surface area contributed by atoms with Crippen molar-refractivity contribution in [2.24, 2.45) is 0 Å². The molecular weight excluding hydrogens is 334 g/mol. The Morgan fingerprint density at radius 3 is 3.08 bits per heavy atom. The maximum absolute atomic E-state index is 12.7. The second-order valence-corrected chi connectivity index (χ2v) is 8.06. The molecule has 1 N–H and O–H groups in total. The van der Waals surface area contributed by atoms with Crippen LogP contribution in [0.25, 0.3) is 0 Å². The van der Waals surface area contributed by atoms with Crippen LogP contribution in [0.15, 0.2) is 17.5 Å². The number of likely N-dealkylation sites (tertiary alicyclic amines) is 1. The standard InChI is InChI=1S/C18H25N5OS/c24-18(17-21-20-16-8-2-1-3-10-23(16)17)19-14-6-4-9-22(12-14)13-15-7-5-11-25-15/h5,7,11,14H,1-4,6,8-10,12-13H2,(H,19,24). The van der Waals surface area contributed by atoms with E-state index < -0.39 is 0 Å². The monoisotopic (exact) mass is 359 g/mol. The highest BCUT2D eigenvalue weighted by molar-refractivity contribution is 7.09. The Morgan fingerprint density at radius 2 is 2.20 bits per heavy atom. The molecule has 0 radical (unpaired) electrons. The number of hydrogen-bond acceptors (Lipinski definition) is 5. The third-order valence-corrected chi connectivity index (χ3v) is 5.97. The minimum atomic E-state index is -0.0661. The van der Waals surface area contributed by atoms with Crippen LogP contribution in [0, 0.1) is 0 Å². The molecule has 2 aliphatic rings. The average Bonchev–Trinajstić information content (AvgIpc) is 3.20. The second kappa shape index (κ2) is 7.66. The van der Waals surface area contributed by atoms with Crippen molar-refractivity contribution in [3.05, 3.63) is 34.0 Å². The Hall–Kier alpha value is -1.73. The Labute approximate surface area is 152 Å². The minimum Gasteiger partial charge on any atom is -0.345 e. The maximum atomic E-state index is 12.7. The van der Waals surface area contributed by atoms with E-state index >= 15 is 0 Å². The lowest BCUT2D eigenvalue weighted by atomic mass is 10.1. The Balaban J connectivity index is 1.38. The molecule has 7 heteroatoms. The van der Waals surface area contributed by atoms with Crippen LogP contribution in [0.5, 0.6) is 0 Å². The van der Waals surface area contributed by atoms with Gasteiger partial charge in [0.05, 0.1) is 0 Å². The molecule has 1 amide bonds. The molecule has 1 atom stereocenters. The van der Waals surface area contributed by atoms with Gasteiger partial charge in [-0.3, -0.25) is 9.69 Å². The van der Waals surface area contributed by atoms with Crippen LogP contribution < -0.4 is 5.32 Å². The number of thiophene rings is 1. The van der Waals surface area contributed by atoms with E-state index in [9.17, 15) is 4.79 Å². The molecule has 0 spiro atoms. The molecule has 2 aromatic rings. The zero-order valence-corrected chi connectivity index (χ0v) is 15.3. The quantitative estimate of drug-likeness (QED) is 0.911. The summed E-state index contributed by atoms with van der Waals surface area (Å²) >= 11 is 1.80. The van der Waals surface area contributed by atoms with Gasteiger partial charge in [0.2, 0.25) is 5.82 Å². The molecule has 4 rings (SSSR count). The molecule has 1 saturated heterocycles. The average molecular weight is 359 g/mol. The van der Waals surface area contributed by atoms with Crippen molar-refractivity contribution in [3.8, 4) is 0 Å². The number of nitrogens with one attached hydrogen (secondary N) is 1. The smallest absolute Gasteiger partial charge is 0.289 e. The van der Waals surface area contributed by atoms with E-state index in [0.717, 1.165) is 64.1 Å². The van der Waals surface area contributed by atoms with Gasteiger partial charge in [-0.05, 0) is 43.7 Å². The van der Waals surface area contributed by atoms with Crippen LogP contribution >= 0.6 is 11.3 Å². The number of nitrogens with zero attached hydrogens (tertiary/aromatic N) is 4. The highest BCUT2D eigenvalue weighted by Gasteiger charge is 2.25. The summed E-state index contributed by atoms with van der Waals surface area (Å²) in [5.74, 6) is 1.39. The number of rotatable bonds is 4. The lowest BCUT2D eigenvalue weighted by Gasteiger charge is -2.32. The molecule has 0 saturated carbocycles. The summed E-state index contributed by atoms with van der Waals surface area (Å²) in [6.45, 7) is 3.85. The third-order valence-electron chi connectivity index (χ3n) is 5.11. The van der Waals surface area contributed by atoms with Gasteiger partial charge in [-0.25, -0.2) is 0 Å². The van der Waals surface area contributed by atoms with Gasteiger partial charge in [0.25, 0.3) is 5.91 Å². The molecular formula is C18H25N5OS. The van der Waals surface area contributed by atoms with Crippen molar-refractivity contribution in [2.75, 3.05) is 13.1 Å². The molecule has 4 heterocycles. The van der Waals surface area contributed by atoms with Gasteiger partial charge in [0, 0.05) is 37.0 Å². The van der Waals surface area contributed by atoms with Crippen molar-refractivity contribution < 1.29 is 4.79 Å². The fourth-order valence-corrected chi connectivity index (χ4v) is 4.59. The van der Waals surface area contributed by atoms with Gasteiger partial charge >= 0.3 is 0 Å². The normalized spacial score (nSPS) is 21.5. The number of hydrogen-bond donors (Lipinski definition) is 1. The summed E-state index contributed by atoms with van der Waals surface area (Å²) in [5.41, 5.74) is 0. The van der Waals surface area contributed by atoms with Gasteiger partial charge in [0.1, 0.15) is 5.82 Å². The summed E-state index contributed by atoms with van der Waals surface area (Å²) in [4.78, 5) is 16.6. The van der Waals surface area contributed by atoms with Gasteiger partial charge in [0.15, 0.2) is 0 Å². The van der Waals surface area contributed by atoms with Crippen LogP contribution in [0.1, 0.15) is 53.4 Å². The number of aryl methyl sites for hydroxylation is 1. The Kier molecular flexibility index (Phi) is 5.12. The summed E-state index contributed by atoms with van der Waals surface area (Å²) < 4.78 is 2.02. The van der Waals surface area contributed by atoms with Gasteiger partial charge in [-0.1, -0.05) is 12.5 Å². The largest absolute Gasteiger partial charge is 0.345 e. The summed E-state index contributed by atoms with van der Waals surface area (Å²) in [6, 6.07) is 4.47. The lowest BCUT2D eigenvalue weighted by molar-refractivity contribution is 0.0885. The van der Waals surface area contributed by atoms with Crippen LogP contribution in [0.3, 0.4) is 0 Å². The van der Waals surface area contributed by atoms with Gasteiger partial charge in [-0.15, -0.1) is 21.5 Å². The van der Waals surface area contributed by atoms with E-state index in [0.29, 0.717) is 5.82 Å². The van der Waals surface area contributed by atoms with Crippen molar-refractivity contribution in [1.29, 1.82) is 0 Å². The maximum Gasteiger partial charge on any atom is 0.289 e. The first-order chi connectivity index (χ1) is 12.3. The number of piperidine rings is 1. The highest BCUT2D eigenvalue weighted by Crippen LogP contribution is 2.18. The number of aromatic nitrogens is 3. The van der Waals surface area contributed by atoms with Gasteiger partial charge in [-0.2, -0.15) is 0 Å². The Bertz CT molecular complexity index is 711. The third kappa shape index (κ3) is 3.93. The predicted octanol–water partition coefficient (Wildman–Crippen LogP) is 2.46. The fraction of sp³-hybridized carbons (Fsp3) is 0.611. The van der Waals surface area contributed by atoms with Crippen LogP contribution in [-0.4, -0.2) is 44.7 Å². The summed E-state index contributed by atoms with van der Waals surface area (Å²) in [5, 5.41) is 13.7. The number of carbonyl (C=O) groups is 1. The molecule has 0 aliphatic carbocycles. The predicted molar refractivity (Wildman–Crippen MR) is 97.7 cm³/mol. The highest BCUT2D eigenvalue weighted by atomic mass is 32.1. The zero-order chi connectivity index (χ0) is 17.1. The molecule has 1 fully saturated rings. The van der Waals surface area contributed by atoms with E-state index in [1.54, 1.807) is 11.3 Å². The first-order valence-electron chi connectivity index (χ1n) is 9.27. The molecule has 0 bridgehead atoms. The molecule has 2 aromatic heterocycles. The van der Waals surface area contributed by atoms with Crippen molar-refractivity contribution in [1.82, 2.24) is 25.0 Å². The van der Waals surface area contributed by atoms with E-state index in [1.165, 1.54) is 11.3 Å². The van der Waals surface area contributed by atoms with Crippen LogP contribution in [0.2, 0.25) is 0 Å². The summed E-state index contributed by atoms with van der Waals surface area (Å²) in [6.07, 6.45) is 6.52. The second-order valence-electron chi connectivity index (χ2n) is 7.03. The first-order valence-corrected chi connectivity index (χ1v) is 10.2. The van der Waals surface area contributed by atoms with E-state index in [2.05, 4.69) is 37.9 Å². The minimum absolute atomic E-state index is 0.0661. The zero-order valence-electron chi connectivity index (χ0n) is 14.5. The molecule has 0 aromatic carbocycles. The topological polar surface area (TPSA) is 63.1 Å². The Morgan fingerprint density at radius 1 is 1.24 bits per heavy atom. The van der Waals surface area contributed by atoms with Crippen LogP contribution in [-0.2, 0) is 19.5 Å². The van der Waals surface area contributed by atoms with E-state index in [4.69, 9.17) is 0 Å². The molecule has 1 unspecified atom stereocenters. The molecule has 25 heavy (non-hydrogen) atoms. The van der Waals surface area contributed by atoms with Crippen LogP contribution in [0.4, 0.5) is 0 Å². The first kappa shape index (κ1) is 16.7. The van der Waals surface area contributed by atoms with Crippen molar-refractivity contribution in [3.63, 3.8) is 0 Å². The van der Waals surface area contributed by atoms with Crippen molar-refractivity contribution >= 4 is 17.2 Å². The van der Waals surface area contributed by atoms with E-state index in [-0.39, 0.29) is 11.9 Å². The molecule has 134 valence electrons. The molecule has 2 aliphatic heterocycles. The number of fused-ring (bicyclic) bond motifs is 1. The van der Waals surface area contributed by atoms with Gasteiger partial charge < -0.3 is 9.88 Å². The van der Waals surface area contributed by atoms with E-state index in [1.807, 2.05) is 4.57 Å². The van der Waals surface area contributed by atoms with Crippen molar-refractivity contribution in [2.45, 2.75) is 57.7 Å². The number of carbonyl (C=O) groups excluding carboxylic acids is 1.